The van der Waals surface area contributed by atoms with Crippen molar-refractivity contribution in [2.24, 2.45) is 0 Å². The van der Waals surface area contributed by atoms with E-state index in [1.54, 1.807) is 7.11 Å². The molecule has 0 radical (unpaired) electrons. The molecule has 1 aromatic heterocycles. The van der Waals surface area contributed by atoms with Crippen molar-refractivity contribution >= 4 is 5.91 Å². The normalized spacial score (nSPS) is 20.4. The van der Waals surface area contributed by atoms with E-state index in [0.717, 1.165) is 23.4 Å². The summed E-state index contributed by atoms with van der Waals surface area (Å²) in [5, 5.41) is 14.5. The van der Waals surface area contributed by atoms with Gasteiger partial charge in [0, 0.05) is 18.7 Å². The summed E-state index contributed by atoms with van der Waals surface area (Å²) in [4.78, 5) is 11.9. The Morgan fingerprint density at radius 2 is 2.22 bits per heavy atom. The summed E-state index contributed by atoms with van der Waals surface area (Å²) in [5.41, 5.74) is 1.80. The highest BCUT2D eigenvalue weighted by Gasteiger charge is 2.30. The zero-order valence-electron chi connectivity index (χ0n) is 13.3. The number of hydrogen-bond acceptors (Lipinski definition) is 5. The first-order valence-electron chi connectivity index (χ1n) is 7.78. The highest BCUT2D eigenvalue weighted by Crippen LogP contribution is 2.23. The third kappa shape index (κ3) is 3.34. The Balaban J connectivity index is 1.68. The lowest BCUT2D eigenvalue weighted by Crippen LogP contribution is -2.40. The number of nitrogens with one attached hydrogen (secondary N) is 2. The predicted molar refractivity (Wildman–Crippen MR) is 86.1 cm³/mol. The molecule has 2 heterocycles. The van der Waals surface area contributed by atoms with Crippen molar-refractivity contribution in [1.29, 1.82) is 0 Å². The molecular formula is C16H21N5O2. The molecule has 2 aromatic rings. The summed E-state index contributed by atoms with van der Waals surface area (Å²) in [5.74, 6) is 0.858. The van der Waals surface area contributed by atoms with Crippen molar-refractivity contribution in [3.63, 3.8) is 0 Å². The Labute approximate surface area is 135 Å². The number of benzene rings is 1. The van der Waals surface area contributed by atoms with Gasteiger partial charge in [-0.1, -0.05) is 5.21 Å². The summed E-state index contributed by atoms with van der Waals surface area (Å²) >= 11 is 0. The van der Waals surface area contributed by atoms with Gasteiger partial charge in [0.2, 0.25) is 5.91 Å². The number of methoxy groups -OCH3 is 1. The summed E-state index contributed by atoms with van der Waals surface area (Å²) < 4.78 is 7.00. The van der Waals surface area contributed by atoms with Crippen LogP contribution in [0.4, 0.5) is 0 Å². The second-order valence-corrected chi connectivity index (χ2v) is 5.56. The van der Waals surface area contributed by atoms with Crippen molar-refractivity contribution in [3.8, 4) is 17.0 Å². The van der Waals surface area contributed by atoms with E-state index in [0.29, 0.717) is 13.1 Å². The Kier molecular flexibility index (Phi) is 4.57. The first kappa shape index (κ1) is 15.5. The molecule has 1 aliphatic heterocycles. The van der Waals surface area contributed by atoms with Gasteiger partial charge in [0.1, 0.15) is 11.4 Å². The second kappa shape index (κ2) is 6.78. The van der Waals surface area contributed by atoms with Crippen LogP contribution in [0.1, 0.15) is 19.4 Å². The number of nitrogens with zero attached hydrogens (tertiary/aromatic N) is 3. The number of carbonyl (C=O) groups is 1. The van der Waals surface area contributed by atoms with Gasteiger partial charge in [0.05, 0.1) is 25.4 Å². The van der Waals surface area contributed by atoms with Crippen molar-refractivity contribution in [2.75, 3.05) is 20.2 Å². The number of rotatable bonds is 5. The van der Waals surface area contributed by atoms with Crippen LogP contribution in [0.15, 0.2) is 30.5 Å². The molecule has 23 heavy (non-hydrogen) atoms. The van der Waals surface area contributed by atoms with Crippen molar-refractivity contribution in [3.05, 3.63) is 30.5 Å². The summed E-state index contributed by atoms with van der Waals surface area (Å²) in [6.45, 7) is 3.28. The third-order valence-electron chi connectivity index (χ3n) is 4.05. The Bertz CT molecular complexity index is 667. The lowest BCUT2D eigenvalue weighted by molar-refractivity contribution is -0.122. The second-order valence-electron chi connectivity index (χ2n) is 5.56. The molecule has 0 spiro atoms. The summed E-state index contributed by atoms with van der Waals surface area (Å²) in [6, 6.07) is 7.69. The highest BCUT2D eigenvalue weighted by atomic mass is 16.5. The fourth-order valence-corrected chi connectivity index (χ4v) is 2.76. The number of hydrogen-bond donors (Lipinski definition) is 2. The quantitative estimate of drug-likeness (QED) is 0.860. The van der Waals surface area contributed by atoms with Gasteiger partial charge in [-0.25, -0.2) is 4.68 Å². The van der Waals surface area contributed by atoms with Crippen LogP contribution in [-0.2, 0) is 4.79 Å². The number of aromatic nitrogens is 3. The Hall–Kier alpha value is -2.41. The average Bonchev–Trinajstić information content (AvgIpc) is 3.24. The number of carbonyl (C=O) groups excluding carboxylic acids is 1. The van der Waals surface area contributed by atoms with Crippen molar-refractivity contribution < 1.29 is 9.53 Å². The van der Waals surface area contributed by atoms with Crippen molar-refractivity contribution in [1.82, 2.24) is 25.6 Å². The highest BCUT2D eigenvalue weighted by molar-refractivity contribution is 5.82. The van der Waals surface area contributed by atoms with E-state index in [2.05, 4.69) is 20.9 Å². The van der Waals surface area contributed by atoms with Gasteiger partial charge >= 0.3 is 0 Å². The van der Waals surface area contributed by atoms with Crippen LogP contribution in [-0.4, -0.2) is 47.1 Å². The molecule has 0 bridgehead atoms. The van der Waals surface area contributed by atoms with E-state index in [1.807, 2.05) is 42.1 Å². The number of likely N-dealkylation sites (N-methyl/N-ethyl adjacent to an activating group) is 1. The molecule has 122 valence electrons. The maximum Gasteiger partial charge on any atom is 0.237 e. The summed E-state index contributed by atoms with van der Waals surface area (Å²) in [7, 11) is 1.64. The fraction of sp³-hybridized carbons (Fsp3) is 0.438. The van der Waals surface area contributed by atoms with Crippen LogP contribution in [0, 0.1) is 0 Å². The zero-order valence-corrected chi connectivity index (χ0v) is 13.3. The molecule has 7 nitrogen and oxygen atoms in total. The van der Waals surface area contributed by atoms with E-state index in [9.17, 15) is 4.79 Å². The molecule has 1 amide bonds. The van der Waals surface area contributed by atoms with Crippen LogP contribution < -0.4 is 15.4 Å². The smallest absolute Gasteiger partial charge is 0.237 e. The van der Waals surface area contributed by atoms with Crippen LogP contribution in [0.5, 0.6) is 5.75 Å². The maximum absolute atomic E-state index is 11.9. The molecule has 1 aromatic carbocycles. The molecule has 3 rings (SSSR count). The molecule has 1 saturated heterocycles. The largest absolute Gasteiger partial charge is 0.497 e. The third-order valence-corrected chi connectivity index (χ3v) is 4.05. The van der Waals surface area contributed by atoms with E-state index in [4.69, 9.17) is 4.74 Å². The first-order valence-corrected chi connectivity index (χ1v) is 7.78. The Morgan fingerprint density at radius 1 is 1.43 bits per heavy atom. The minimum atomic E-state index is -0.159. The Morgan fingerprint density at radius 3 is 2.91 bits per heavy atom. The van der Waals surface area contributed by atoms with Gasteiger partial charge in [-0.15, -0.1) is 5.10 Å². The predicted octanol–water partition coefficient (Wildman–Crippen LogP) is 0.993. The van der Waals surface area contributed by atoms with Gasteiger partial charge in [-0.3, -0.25) is 4.79 Å². The molecule has 0 aliphatic carbocycles. The first-order chi connectivity index (χ1) is 11.2. The minimum Gasteiger partial charge on any atom is -0.497 e. The van der Waals surface area contributed by atoms with Crippen LogP contribution in [0.3, 0.4) is 0 Å². The monoisotopic (exact) mass is 315 g/mol. The molecule has 1 aliphatic rings. The standard InChI is InChI=1S/C16H21N5O2/c1-3-17-16(22)14-8-12(9-18-14)21-10-15(19-20-21)11-4-6-13(23-2)7-5-11/h4-7,10,12,14,18H,3,8-9H2,1-2H3,(H,17,22)/t12-,14+/m1/s1. The summed E-state index contributed by atoms with van der Waals surface area (Å²) in [6.07, 6.45) is 2.64. The van der Waals surface area contributed by atoms with Gasteiger partial charge in [-0.05, 0) is 37.6 Å². The number of ether oxygens (including phenoxy) is 1. The lowest BCUT2D eigenvalue weighted by atomic mass is 10.1. The minimum absolute atomic E-state index is 0.0468. The van der Waals surface area contributed by atoms with E-state index in [-0.39, 0.29) is 18.0 Å². The van der Waals surface area contributed by atoms with Crippen LogP contribution in [0.25, 0.3) is 11.3 Å². The van der Waals surface area contributed by atoms with Crippen molar-refractivity contribution in [2.45, 2.75) is 25.4 Å². The molecule has 2 atom stereocenters. The molecule has 0 saturated carbocycles. The van der Waals surface area contributed by atoms with Crippen LogP contribution >= 0.6 is 0 Å². The topological polar surface area (TPSA) is 81.1 Å². The fourth-order valence-electron chi connectivity index (χ4n) is 2.76. The average molecular weight is 315 g/mol. The molecule has 7 heteroatoms. The number of amides is 1. The SMILES string of the molecule is CCNC(=O)[C@@H]1C[C@@H](n2cc(-c3ccc(OC)cc3)nn2)CN1. The van der Waals surface area contributed by atoms with Gasteiger partial charge < -0.3 is 15.4 Å². The molecule has 0 unspecified atom stereocenters. The van der Waals surface area contributed by atoms with E-state index >= 15 is 0 Å². The molecule has 1 fully saturated rings. The molecular weight excluding hydrogens is 294 g/mol. The maximum atomic E-state index is 11.9. The van der Waals surface area contributed by atoms with Crippen LogP contribution in [0.2, 0.25) is 0 Å². The molecule has 2 N–H and O–H groups in total. The van der Waals surface area contributed by atoms with E-state index < -0.39 is 0 Å². The van der Waals surface area contributed by atoms with E-state index in [1.165, 1.54) is 0 Å². The van der Waals surface area contributed by atoms with Gasteiger partial charge in [-0.2, -0.15) is 0 Å². The van der Waals surface area contributed by atoms with Gasteiger partial charge in [0.25, 0.3) is 0 Å². The zero-order chi connectivity index (χ0) is 16.2. The lowest BCUT2D eigenvalue weighted by Gasteiger charge is -2.10. The van der Waals surface area contributed by atoms with Gasteiger partial charge in [0.15, 0.2) is 0 Å².